The molecule has 6 nitrogen and oxygen atoms in total. The normalized spacial score (nSPS) is 19.3. The highest BCUT2D eigenvalue weighted by Gasteiger charge is 2.26. The molecule has 1 aromatic carbocycles. The number of hydrogen-bond donors (Lipinski definition) is 1. The molecular weight excluding hydrogens is 319 g/mol. The van der Waals surface area contributed by atoms with Crippen LogP contribution in [0.15, 0.2) is 36.5 Å². The number of benzene rings is 1. The number of hydrogen-bond acceptors (Lipinski definition) is 4. The zero-order valence-corrected chi connectivity index (χ0v) is 13.4. The van der Waals surface area contributed by atoms with E-state index in [-0.39, 0.29) is 17.5 Å². The first-order valence-electron chi connectivity index (χ1n) is 7.42. The van der Waals surface area contributed by atoms with E-state index < -0.39 is 10.0 Å². The summed E-state index contributed by atoms with van der Waals surface area (Å²) in [5, 5.41) is 9.55. The highest BCUT2D eigenvalue weighted by molar-refractivity contribution is 7.89. The van der Waals surface area contributed by atoms with Gasteiger partial charge in [-0.3, -0.25) is 4.90 Å². The minimum absolute atomic E-state index is 0.0290. The van der Waals surface area contributed by atoms with Crippen molar-refractivity contribution >= 4 is 10.0 Å². The van der Waals surface area contributed by atoms with Crippen molar-refractivity contribution in [2.24, 2.45) is 11.1 Å². The second-order valence-corrected chi connectivity index (χ2v) is 7.61. The monoisotopic (exact) mass is 338 g/mol. The minimum Gasteiger partial charge on any atom is -0.297 e. The quantitative estimate of drug-likeness (QED) is 0.886. The Bertz CT molecular complexity index is 790. The van der Waals surface area contributed by atoms with Crippen molar-refractivity contribution < 1.29 is 12.8 Å². The summed E-state index contributed by atoms with van der Waals surface area (Å²) in [6.07, 6.45) is 2.61. The number of primary sulfonamides is 1. The summed E-state index contributed by atoms with van der Waals surface area (Å²) in [6, 6.07) is 8.14. The molecule has 0 saturated carbocycles. The summed E-state index contributed by atoms with van der Waals surface area (Å²) in [4.78, 5) is 2.16. The molecule has 8 heteroatoms. The molecule has 1 saturated heterocycles. The van der Waals surface area contributed by atoms with Crippen LogP contribution >= 0.6 is 0 Å². The third kappa shape index (κ3) is 4.37. The maximum atomic E-state index is 13.3. The lowest BCUT2D eigenvalue weighted by atomic mass is 10.2. The Kier molecular flexibility index (Phi) is 4.47. The predicted molar refractivity (Wildman–Crippen MR) is 84.9 cm³/mol. The van der Waals surface area contributed by atoms with Crippen LogP contribution in [-0.4, -0.2) is 41.9 Å². The molecule has 2 N–H and O–H groups in total. The number of rotatable bonds is 5. The van der Waals surface area contributed by atoms with Crippen LogP contribution in [0.3, 0.4) is 0 Å². The molecule has 2 heterocycles. The summed E-state index contributed by atoms with van der Waals surface area (Å²) in [5.74, 6) is -0.193. The Balaban J connectivity index is 1.62. The van der Waals surface area contributed by atoms with Crippen molar-refractivity contribution in [2.75, 3.05) is 18.8 Å². The van der Waals surface area contributed by atoms with Gasteiger partial charge in [0.05, 0.1) is 17.1 Å². The fourth-order valence-electron chi connectivity index (χ4n) is 2.96. The number of halogens is 1. The Morgan fingerprint density at radius 1 is 1.35 bits per heavy atom. The van der Waals surface area contributed by atoms with Crippen LogP contribution in [0.4, 0.5) is 4.39 Å². The van der Waals surface area contributed by atoms with E-state index in [9.17, 15) is 12.8 Å². The van der Waals surface area contributed by atoms with Crippen LogP contribution in [0, 0.1) is 11.7 Å². The SMILES string of the molecule is NS(=O)(=O)CC1CCN(Cc2ccn(-c3cccc(F)c3)n2)C1. The van der Waals surface area contributed by atoms with Crippen LogP contribution in [0.1, 0.15) is 12.1 Å². The fraction of sp³-hybridized carbons (Fsp3) is 0.400. The molecule has 1 aliphatic heterocycles. The molecule has 0 spiro atoms. The first kappa shape index (κ1) is 16.1. The second kappa shape index (κ2) is 6.38. The van der Waals surface area contributed by atoms with Gasteiger partial charge in [-0.2, -0.15) is 5.10 Å². The average molecular weight is 338 g/mol. The minimum atomic E-state index is -3.42. The molecule has 1 atom stereocenters. The van der Waals surface area contributed by atoms with Gasteiger partial charge in [0.15, 0.2) is 0 Å². The van der Waals surface area contributed by atoms with Crippen molar-refractivity contribution in [3.05, 3.63) is 48.0 Å². The summed E-state index contributed by atoms with van der Waals surface area (Å²) in [5.41, 5.74) is 1.54. The molecule has 1 unspecified atom stereocenters. The first-order valence-corrected chi connectivity index (χ1v) is 9.14. The number of sulfonamides is 1. The molecular formula is C15H19FN4O2S. The van der Waals surface area contributed by atoms with Crippen LogP contribution in [0.25, 0.3) is 5.69 Å². The molecule has 2 aromatic rings. The fourth-order valence-corrected chi connectivity index (χ4v) is 3.89. The summed E-state index contributed by atoms with van der Waals surface area (Å²) >= 11 is 0. The zero-order valence-electron chi connectivity index (χ0n) is 12.6. The third-order valence-corrected chi connectivity index (χ3v) is 4.88. The van der Waals surface area contributed by atoms with E-state index in [2.05, 4.69) is 10.00 Å². The molecule has 124 valence electrons. The van der Waals surface area contributed by atoms with Gasteiger partial charge in [-0.25, -0.2) is 22.6 Å². The van der Waals surface area contributed by atoms with Crippen LogP contribution < -0.4 is 5.14 Å². The van der Waals surface area contributed by atoms with Gasteiger partial charge < -0.3 is 0 Å². The molecule has 23 heavy (non-hydrogen) atoms. The molecule has 0 radical (unpaired) electrons. The van der Waals surface area contributed by atoms with Crippen LogP contribution in [-0.2, 0) is 16.6 Å². The molecule has 1 fully saturated rings. The maximum Gasteiger partial charge on any atom is 0.209 e. The van der Waals surface area contributed by atoms with E-state index in [1.54, 1.807) is 23.0 Å². The lowest BCUT2D eigenvalue weighted by Crippen LogP contribution is -2.26. The van der Waals surface area contributed by atoms with E-state index in [4.69, 9.17) is 5.14 Å². The standard InChI is InChI=1S/C15H19FN4O2S/c16-13-2-1-3-15(8-13)20-7-5-14(18-20)10-19-6-4-12(9-19)11-23(17,21)22/h1-3,5,7-8,12H,4,6,9-11H2,(H2,17,21,22). The molecule has 0 bridgehead atoms. The van der Waals surface area contributed by atoms with Crippen LogP contribution in [0.2, 0.25) is 0 Å². The number of nitrogens with two attached hydrogens (primary N) is 1. The average Bonchev–Trinajstić information content (AvgIpc) is 3.07. The summed E-state index contributed by atoms with van der Waals surface area (Å²) in [6.45, 7) is 2.17. The lowest BCUT2D eigenvalue weighted by molar-refractivity contribution is 0.316. The third-order valence-electron chi connectivity index (χ3n) is 3.94. The van der Waals surface area contributed by atoms with E-state index in [1.807, 2.05) is 6.07 Å². The first-order chi connectivity index (χ1) is 10.9. The van der Waals surface area contributed by atoms with E-state index in [1.165, 1.54) is 12.1 Å². The van der Waals surface area contributed by atoms with Crippen LogP contribution in [0.5, 0.6) is 0 Å². The molecule has 1 aliphatic rings. The highest BCUT2D eigenvalue weighted by atomic mass is 32.2. The van der Waals surface area contributed by atoms with Crippen molar-refractivity contribution in [3.63, 3.8) is 0 Å². The van der Waals surface area contributed by atoms with Crippen molar-refractivity contribution in [2.45, 2.75) is 13.0 Å². The molecule has 1 aromatic heterocycles. The van der Waals surface area contributed by atoms with E-state index in [0.29, 0.717) is 18.8 Å². The van der Waals surface area contributed by atoms with E-state index >= 15 is 0 Å². The topological polar surface area (TPSA) is 81.2 Å². The summed E-state index contributed by atoms with van der Waals surface area (Å²) < 4.78 is 37.2. The van der Waals surface area contributed by atoms with Gasteiger partial charge in [0.25, 0.3) is 0 Å². The summed E-state index contributed by atoms with van der Waals surface area (Å²) in [7, 11) is -3.42. The number of nitrogens with zero attached hydrogens (tertiary/aromatic N) is 3. The highest BCUT2D eigenvalue weighted by Crippen LogP contribution is 2.19. The Morgan fingerprint density at radius 3 is 2.91 bits per heavy atom. The van der Waals surface area contributed by atoms with Gasteiger partial charge in [-0.05, 0) is 43.1 Å². The second-order valence-electron chi connectivity index (χ2n) is 5.95. The van der Waals surface area contributed by atoms with Gasteiger partial charge in [0.2, 0.25) is 10.0 Å². The smallest absolute Gasteiger partial charge is 0.209 e. The number of likely N-dealkylation sites (tertiary alicyclic amines) is 1. The number of aromatic nitrogens is 2. The van der Waals surface area contributed by atoms with Gasteiger partial charge in [-0.1, -0.05) is 6.07 Å². The largest absolute Gasteiger partial charge is 0.297 e. The Labute approximate surface area is 134 Å². The Morgan fingerprint density at radius 2 is 2.17 bits per heavy atom. The molecule has 0 aliphatic carbocycles. The van der Waals surface area contributed by atoms with Gasteiger partial charge in [0.1, 0.15) is 5.82 Å². The van der Waals surface area contributed by atoms with Gasteiger partial charge >= 0.3 is 0 Å². The van der Waals surface area contributed by atoms with E-state index in [0.717, 1.165) is 18.7 Å². The Hall–Kier alpha value is -1.77. The van der Waals surface area contributed by atoms with Gasteiger partial charge in [-0.15, -0.1) is 0 Å². The lowest BCUT2D eigenvalue weighted by Gasteiger charge is -2.14. The van der Waals surface area contributed by atoms with Crippen molar-refractivity contribution in [3.8, 4) is 5.69 Å². The zero-order chi connectivity index (χ0) is 16.4. The van der Waals surface area contributed by atoms with Crippen molar-refractivity contribution in [1.82, 2.24) is 14.7 Å². The maximum absolute atomic E-state index is 13.3. The van der Waals surface area contributed by atoms with Crippen molar-refractivity contribution in [1.29, 1.82) is 0 Å². The molecule has 3 rings (SSSR count). The predicted octanol–water partition coefficient (Wildman–Crippen LogP) is 1.12. The van der Waals surface area contributed by atoms with Gasteiger partial charge in [0, 0.05) is 19.3 Å². The molecule has 0 amide bonds.